The lowest BCUT2D eigenvalue weighted by Gasteiger charge is -2.45. The number of benzene rings is 1. The number of hydrogen-bond acceptors (Lipinski definition) is 9. The average Bonchev–Trinajstić information content (AvgIpc) is 3.33. The zero-order valence-corrected chi connectivity index (χ0v) is 16.9. The van der Waals surface area contributed by atoms with Crippen molar-refractivity contribution in [3.63, 3.8) is 0 Å². The standard InChI is InChI=1S/C20H24FN9O/c1-29(15-9-12-4-3-5-14(23-12)18(15)21)17-10-22-20(25-24-17)13-7-6-11(8-16(13)31)19-26-28-30(2)27-19/h6-8,10,12,14-15,18,23,31H,3-5,9H2,1-2H3/t12-,14-,15-,18+/m1/s1/i2D3. The van der Waals surface area contributed by atoms with Gasteiger partial charge in [0.1, 0.15) is 11.9 Å². The molecule has 4 atom stereocenters. The van der Waals surface area contributed by atoms with Gasteiger partial charge in [-0.15, -0.1) is 20.4 Å². The van der Waals surface area contributed by atoms with Gasteiger partial charge in [0.25, 0.3) is 0 Å². The van der Waals surface area contributed by atoms with Crippen molar-refractivity contribution < 1.29 is 13.6 Å². The summed E-state index contributed by atoms with van der Waals surface area (Å²) in [6, 6.07) is 4.41. The van der Waals surface area contributed by atoms with Gasteiger partial charge in [-0.05, 0) is 36.6 Å². The van der Waals surface area contributed by atoms with Crippen molar-refractivity contribution in [3.05, 3.63) is 24.4 Å². The van der Waals surface area contributed by atoms with Crippen molar-refractivity contribution in [2.75, 3.05) is 11.9 Å². The van der Waals surface area contributed by atoms with Gasteiger partial charge >= 0.3 is 0 Å². The van der Waals surface area contributed by atoms with Gasteiger partial charge in [-0.3, -0.25) is 0 Å². The number of phenolic OH excluding ortho intramolecular Hbond substituents is 1. The summed E-state index contributed by atoms with van der Waals surface area (Å²) in [7, 11) is 1.80. The Morgan fingerprint density at radius 3 is 2.90 bits per heavy atom. The predicted molar refractivity (Wildman–Crippen MR) is 111 cm³/mol. The summed E-state index contributed by atoms with van der Waals surface area (Å²) in [5.41, 5.74) is 0.708. The third kappa shape index (κ3) is 3.69. The molecule has 0 saturated carbocycles. The van der Waals surface area contributed by atoms with Gasteiger partial charge in [0.05, 0.1) is 24.8 Å². The molecule has 0 aliphatic carbocycles. The fourth-order valence-electron chi connectivity index (χ4n) is 4.47. The van der Waals surface area contributed by atoms with E-state index < -0.39 is 13.1 Å². The van der Waals surface area contributed by atoms with Gasteiger partial charge in [0, 0.05) is 28.8 Å². The molecule has 2 bridgehead atoms. The number of nitrogens with zero attached hydrogens (tertiary/aromatic N) is 8. The molecular formula is C20H24FN9O. The lowest BCUT2D eigenvalue weighted by atomic mass is 9.82. The molecular weight excluding hydrogens is 401 g/mol. The second-order valence-corrected chi connectivity index (χ2v) is 8.03. The maximum Gasteiger partial charge on any atom is 0.205 e. The van der Waals surface area contributed by atoms with Gasteiger partial charge in [0.15, 0.2) is 11.6 Å². The van der Waals surface area contributed by atoms with E-state index in [1.165, 1.54) is 12.3 Å². The Labute approximate surface area is 182 Å². The van der Waals surface area contributed by atoms with E-state index in [0.29, 0.717) is 34.2 Å². The highest BCUT2D eigenvalue weighted by Crippen LogP contribution is 2.33. The third-order valence-corrected chi connectivity index (χ3v) is 6.11. The number of rotatable bonds is 4. The largest absolute Gasteiger partial charge is 0.507 e. The number of alkyl halides is 1. The first kappa shape index (κ1) is 16.5. The SMILES string of the molecule is [2H]C([2H])([2H])n1nnc(-c2ccc(-c3ncc(N(C)[C@@H]4C[C@H]5CCC[C@@H](N5)[C@@H]4F)nn3)c(O)c2)n1. The number of anilines is 1. The lowest BCUT2D eigenvalue weighted by Crippen LogP contribution is -2.61. The number of halogens is 1. The quantitative estimate of drug-likeness (QED) is 0.637. The van der Waals surface area contributed by atoms with E-state index >= 15 is 4.39 Å². The molecule has 3 aromatic rings. The monoisotopic (exact) mass is 428 g/mol. The number of aryl methyl sites for hydroxylation is 1. The second-order valence-electron chi connectivity index (χ2n) is 8.03. The van der Waals surface area contributed by atoms with Crippen molar-refractivity contribution in [3.8, 4) is 28.5 Å². The van der Waals surface area contributed by atoms with Crippen LogP contribution < -0.4 is 10.2 Å². The molecule has 5 rings (SSSR count). The average molecular weight is 428 g/mol. The predicted octanol–water partition coefficient (Wildman–Crippen LogP) is 1.49. The van der Waals surface area contributed by atoms with Crippen molar-refractivity contribution in [1.29, 1.82) is 0 Å². The number of fused-ring (bicyclic) bond motifs is 2. The van der Waals surface area contributed by atoms with Crippen molar-refractivity contribution in [2.45, 2.75) is 50.0 Å². The van der Waals surface area contributed by atoms with E-state index in [1.807, 2.05) is 0 Å². The van der Waals surface area contributed by atoms with Crippen molar-refractivity contribution in [2.24, 2.45) is 6.98 Å². The first-order valence-corrected chi connectivity index (χ1v) is 10.2. The summed E-state index contributed by atoms with van der Waals surface area (Å²) >= 11 is 0. The summed E-state index contributed by atoms with van der Waals surface area (Å²) in [5, 5.41) is 33.3. The van der Waals surface area contributed by atoms with Gasteiger partial charge in [0.2, 0.25) is 5.82 Å². The van der Waals surface area contributed by atoms with Crippen LogP contribution in [0, 0.1) is 0 Å². The Bertz CT molecular complexity index is 1170. The zero-order valence-electron chi connectivity index (χ0n) is 19.9. The summed E-state index contributed by atoms with van der Waals surface area (Å²) in [6.45, 7) is -2.54. The highest BCUT2D eigenvalue weighted by atomic mass is 19.1. The fraction of sp³-hybridized carbons (Fsp3) is 0.500. The van der Waals surface area contributed by atoms with E-state index in [9.17, 15) is 5.11 Å². The third-order valence-electron chi connectivity index (χ3n) is 6.11. The van der Waals surface area contributed by atoms with Crippen LogP contribution in [0.15, 0.2) is 24.4 Å². The molecule has 2 aliphatic heterocycles. The number of phenols is 1. The van der Waals surface area contributed by atoms with Crippen molar-refractivity contribution in [1.82, 2.24) is 40.7 Å². The second kappa shape index (κ2) is 7.80. The Morgan fingerprint density at radius 2 is 2.16 bits per heavy atom. The van der Waals surface area contributed by atoms with Crippen LogP contribution in [-0.4, -0.2) is 71.8 Å². The highest BCUT2D eigenvalue weighted by molar-refractivity contribution is 5.69. The molecule has 2 N–H and O–H groups in total. The molecule has 10 nitrogen and oxygen atoms in total. The molecule has 2 aliphatic rings. The van der Waals surface area contributed by atoms with Crippen LogP contribution in [0.25, 0.3) is 22.8 Å². The molecule has 0 unspecified atom stereocenters. The molecule has 11 heteroatoms. The Balaban J connectivity index is 1.34. The number of aromatic hydroxyl groups is 1. The number of piperidine rings is 2. The molecule has 31 heavy (non-hydrogen) atoms. The van der Waals surface area contributed by atoms with Crippen LogP contribution in [0.5, 0.6) is 5.75 Å². The van der Waals surface area contributed by atoms with E-state index in [4.69, 9.17) is 4.11 Å². The number of aromatic nitrogens is 7. The van der Waals surface area contributed by atoms with Crippen LogP contribution in [0.2, 0.25) is 0 Å². The fourth-order valence-corrected chi connectivity index (χ4v) is 4.47. The minimum absolute atomic E-state index is 0.0570. The van der Waals surface area contributed by atoms with Crippen LogP contribution in [-0.2, 0) is 6.98 Å². The summed E-state index contributed by atoms with van der Waals surface area (Å²) in [6.07, 6.45) is 4.14. The van der Waals surface area contributed by atoms with Crippen LogP contribution in [0.3, 0.4) is 0 Å². The van der Waals surface area contributed by atoms with E-state index in [0.717, 1.165) is 19.3 Å². The Hall–Kier alpha value is -3.21. The molecule has 2 saturated heterocycles. The minimum atomic E-state index is -2.54. The molecule has 0 amide bonds. The van der Waals surface area contributed by atoms with Gasteiger partial charge < -0.3 is 15.3 Å². The summed E-state index contributed by atoms with van der Waals surface area (Å²) in [5.74, 6) is 0.555. The van der Waals surface area contributed by atoms with Crippen LogP contribution in [0.1, 0.15) is 29.8 Å². The first-order valence-electron chi connectivity index (χ1n) is 11.7. The van der Waals surface area contributed by atoms with Crippen molar-refractivity contribution >= 4 is 5.82 Å². The number of hydrogen-bond donors (Lipinski definition) is 2. The van der Waals surface area contributed by atoms with Gasteiger partial charge in [-0.25, -0.2) is 9.37 Å². The van der Waals surface area contributed by atoms with E-state index in [1.54, 1.807) is 24.1 Å². The molecule has 0 radical (unpaired) electrons. The van der Waals surface area contributed by atoms with E-state index in [-0.39, 0.29) is 29.5 Å². The molecule has 4 heterocycles. The zero-order chi connectivity index (χ0) is 24.0. The molecule has 2 fully saturated rings. The Morgan fingerprint density at radius 1 is 1.26 bits per heavy atom. The first-order chi connectivity index (χ1) is 16.2. The van der Waals surface area contributed by atoms with Gasteiger partial charge in [-0.2, -0.15) is 4.80 Å². The van der Waals surface area contributed by atoms with Gasteiger partial charge in [-0.1, -0.05) is 12.5 Å². The summed E-state index contributed by atoms with van der Waals surface area (Å²) < 4.78 is 37.0. The van der Waals surface area contributed by atoms with Crippen LogP contribution in [0.4, 0.5) is 10.2 Å². The minimum Gasteiger partial charge on any atom is -0.507 e. The topological polar surface area (TPSA) is 118 Å². The lowest BCUT2D eigenvalue weighted by molar-refractivity contribution is 0.107. The molecule has 0 spiro atoms. The van der Waals surface area contributed by atoms with E-state index in [2.05, 4.69) is 35.9 Å². The maximum atomic E-state index is 15.0. The summed E-state index contributed by atoms with van der Waals surface area (Å²) in [4.78, 5) is 6.66. The van der Waals surface area contributed by atoms with Crippen LogP contribution >= 0.6 is 0 Å². The number of tetrazole rings is 1. The molecule has 1 aromatic carbocycles. The maximum absolute atomic E-state index is 15.0. The Kier molecular flexibility index (Phi) is 4.15. The molecule has 162 valence electrons. The normalized spacial score (nSPS) is 27.2. The number of nitrogens with one attached hydrogen (secondary N) is 1. The highest BCUT2D eigenvalue weighted by Gasteiger charge is 2.42. The smallest absolute Gasteiger partial charge is 0.205 e. The molecule has 2 aromatic heterocycles.